The maximum Gasteiger partial charge on any atom is 0.272 e. The first-order valence-electron chi connectivity index (χ1n) is 7.50. The van der Waals surface area contributed by atoms with Crippen molar-refractivity contribution in [2.24, 2.45) is 5.92 Å². The summed E-state index contributed by atoms with van der Waals surface area (Å²) >= 11 is 0. The molecular formula is C16H27N3O. The van der Waals surface area contributed by atoms with Crippen molar-refractivity contribution in [3.05, 3.63) is 23.9 Å². The van der Waals surface area contributed by atoms with E-state index in [4.69, 9.17) is 0 Å². The van der Waals surface area contributed by atoms with E-state index in [0.29, 0.717) is 24.2 Å². The number of amides is 1. The van der Waals surface area contributed by atoms with Gasteiger partial charge >= 0.3 is 0 Å². The summed E-state index contributed by atoms with van der Waals surface area (Å²) in [5.41, 5.74) is 0.515. The average molecular weight is 277 g/mol. The van der Waals surface area contributed by atoms with Crippen molar-refractivity contribution < 1.29 is 4.79 Å². The van der Waals surface area contributed by atoms with Crippen LogP contribution in [0.25, 0.3) is 0 Å². The Morgan fingerprint density at radius 1 is 1.30 bits per heavy atom. The summed E-state index contributed by atoms with van der Waals surface area (Å²) < 4.78 is 0. The highest BCUT2D eigenvalue weighted by Crippen LogP contribution is 2.11. The molecule has 0 aromatic carbocycles. The quantitative estimate of drug-likeness (QED) is 0.830. The summed E-state index contributed by atoms with van der Waals surface area (Å²) in [4.78, 5) is 18.8. The van der Waals surface area contributed by atoms with E-state index in [1.54, 1.807) is 6.07 Å². The fourth-order valence-electron chi connectivity index (χ4n) is 1.95. The molecule has 1 aromatic heterocycles. The van der Waals surface area contributed by atoms with Crippen LogP contribution < -0.4 is 5.32 Å². The lowest BCUT2D eigenvalue weighted by molar-refractivity contribution is 0.0735. The van der Waals surface area contributed by atoms with Crippen LogP contribution in [0.1, 0.15) is 51.5 Å². The lowest BCUT2D eigenvalue weighted by Gasteiger charge is -2.24. The molecule has 4 nitrogen and oxygen atoms in total. The highest BCUT2D eigenvalue weighted by atomic mass is 16.2. The molecule has 1 rings (SSSR count). The molecule has 0 aliphatic rings. The molecular weight excluding hydrogens is 250 g/mol. The van der Waals surface area contributed by atoms with E-state index in [-0.39, 0.29) is 5.91 Å². The number of carbonyl (C=O) groups excluding carboxylic acids is 1. The molecule has 0 aliphatic carbocycles. The predicted molar refractivity (Wildman–Crippen MR) is 84.0 cm³/mol. The van der Waals surface area contributed by atoms with Crippen molar-refractivity contribution in [2.75, 3.05) is 18.4 Å². The Bertz CT molecular complexity index is 431. The summed E-state index contributed by atoms with van der Waals surface area (Å²) in [5, 5.41) is 3.23. The molecule has 0 radical (unpaired) electrons. The fourth-order valence-corrected chi connectivity index (χ4v) is 1.95. The standard InChI is InChI=1S/C16H27N3O/c1-6-13(5)11-19(7-2)16(20)14-9-8-10-15(18-14)17-12(3)4/h8-10,12-13H,6-7,11H2,1-5H3,(H,17,18). The SMILES string of the molecule is CCC(C)CN(CC)C(=O)c1cccc(NC(C)C)n1. The third kappa shape index (κ3) is 4.83. The Labute approximate surface area is 122 Å². The van der Waals surface area contributed by atoms with Gasteiger partial charge in [0.25, 0.3) is 5.91 Å². The van der Waals surface area contributed by atoms with Gasteiger partial charge in [-0.25, -0.2) is 4.98 Å². The van der Waals surface area contributed by atoms with Gasteiger partial charge in [-0.3, -0.25) is 4.79 Å². The number of hydrogen-bond acceptors (Lipinski definition) is 3. The summed E-state index contributed by atoms with van der Waals surface area (Å²) in [5.74, 6) is 1.28. The highest BCUT2D eigenvalue weighted by Gasteiger charge is 2.17. The number of nitrogens with zero attached hydrogens (tertiary/aromatic N) is 2. The molecule has 1 aromatic rings. The topological polar surface area (TPSA) is 45.2 Å². The summed E-state index contributed by atoms with van der Waals surface area (Å²) in [6.07, 6.45) is 1.08. The zero-order valence-corrected chi connectivity index (χ0v) is 13.3. The number of anilines is 1. The van der Waals surface area contributed by atoms with Crippen LogP contribution in [-0.4, -0.2) is 34.9 Å². The third-order valence-corrected chi connectivity index (χ3v) is 3.30. The molecule has 112 valence electrons. The first-order chi connectivity index (χ1) is 9.47. The van der Waals surface area contributed by atoms with Crippen LogP contribution in [0, 0.1) is 5.92 Å². The minimum atomic E-state index is 0.0141. The Hall–Kier alpha value is -1.58. The minimum absolute atomic E-state index is 0.0141. The van der Waals surface area contributed by atoms with Gasteiger partial charge in [-0.1, -0.05) is 26.3 Å². The van der Waals surface area contributed by atoms with E-state index in [9.17, 15) is 4.79 Å². The van der Waals surface area contributed by atoms with E-state index >= 15 is 0 Å². The second-order valence-corrected chi connectivity index (χ2v) is 5.56. The number of aromatic nitrogens is 1. The highest BCUT2D eigenvalue weighted by molar-refractivity contribution is 5.92. The number of hydrogen-bond donors (Lipinski definition) is 1. The predicted octanol–water partition coefficient (Wildman–Crippen LogP) is 3.41. The van der Waals surface area contributed by atoms with Crippen LogP contribution in [0.3, 0.4) is 0 Å². The van der Waals surface area contributed by atoms with Crippen molar-refractivity contribution >= 4 is 11.7 Å². The van der Waals surface area contributed by atoms with Crippen LogP contribution in [-0.2, 0) is 0 Å². The minimum Gasteiger partial charge on any atom is -0.368 e. The molecule has 1 amide bonds. The second kappa shape index (κ2) is 7.88. The Kier molecular flexibility index (Phi) is 6.49. The van der Waals surface area contributed by atoms with E-state index in [2.05, 4.69) is 38.0 Å². The molecule has 1 N–H and O–H groups in total. The van der Waals surface area contributed by atoms with Gasteiger partial charge < -0.3 is 10.2 Å². The van der Waals surface area contributed by atoms with E-state index in [0.717, 1.165) is 18.8 Å². The molecule has 0 saturated carbocycles. The van der Waals surface area contributed by atoms with Crippen molar-refractivity contribution in [1.29, 1.82) is 0 Å². The molecule has 0 saturated heterocycles. The van der Waals surface area contributed by atoms with Gasteiger partial charge in [0, 0.05) is 19.1 Å². The third-order valence-electron chi connectivity index (χ3n) is 3.30. The molecule has 0 spiro atoms. The summed E-state index contributed by atoms with van der Waals surface area (Å²) in [6, 6.07) is 5.85. The van der Waals surface area contributed by atoms with Gasteiger partial charge in [0.2, 0.25) is 0 Å². The molecule has 0 bridgehead atoms. The lowest BCUT2D eigenvalue weighted by Crippen LogP contribution is -2.35. The summed E-state index contributed by atoms with van der Waals surface area (Å²) in [6.45, 7) is 11.9. The average Bonchev–Trinajstić information content (AvgIpc) is 2.43. The van der Waals surface area contributed by atoms with Gasteiger partial charge in [0.1, 0.15) is 11.5 Å². The first-order valence-corrected chi connectivity index (χ1v) is 7.50. The number of pyridine rings is 1. The van der Waals surface area contributed by atoms with Gasteiger partial charge in [0.15, 0.2) is 0 Å². The van der Waals surface area contributed by atoms with Crippen LogP contribution >= 0.6 is 0 Å². The van der Waals surface area contributed by atoms with E-state index in [1.165, 1.54) is 0 Å². The summed E-state index contributed by atoms with van der Waals surface area (Å²) in [7, 11) is 0. The molecule has 1 unspecified atom stereocenters. The van der Waals surface area contributed by atoms with Crippen LogP contribution in [0.15, 0.2) is 18.2 Å². The Morgan fingerprint density at radius 2 is 2.00 bits per heavy atom. The van der Waals surface area contributed by atoms with E-state index < -0.39 is 0 Å². The van der Waals surface area contributed by atoms with Gasteiger partial charge in [0.05, 0.1) is 0 Å². The van der Waals surface area contributed by atoms with Crippen molar-refractivity contribution in [1.82, 2.24) is 9.88 Å². The molecule has 1 atom stereocenters. The largest absolute Gasteiger partial charge is 0.368 e. The number of nitrogens with one attached hydrogen (secondary N) is 1. The molecule has 20 heavy (non-hydrogen) atoms. The van der Waals surface area contributed by atoms with Crippen LogP contribution in [0.2, 0.25) is 0 Å². The molecule has 4 heteroatoms. The fraction of sp³-hybridized carbons (Fsp3) is 0.625. The van der Waals surface area contributed by atoms with Gasteiger partial charge in [-0.2, -0.15) is 0 Å². The van der Waals surface area contributed by atoms with Crippen molar-refractivity contribution in [3.63, 3.8) is 0 Å². The van der Waals surface area contributed by atoms with Crippen molar-refractivity contribution in [2.45, 2.75) is 47.1 Å². The molecule has 1 heterocycles. The van der Waals surface area contributed by atoms with Crippen LogP contribution in [0.5, 0.6) is 0 Å². The van der Waals surface area contributed by atoms with E-state index in [1.807, 2.05) is 24.0 Å². The zero-order valence-electron chi connectivity index (χ0n) is 13.3. The molecule has 0 aliphatic heterocycles. The smallest absolute Gasteiger partial charge is 0.272 e. The van der Waals surface area contributed by atoms with Gasteiger partial charge in [-0.15, -0.1) is 0 Å². The lowest BCUT2D eigenvalue weighted by atomic mass is 10.1. The molecule has 0 fully saturated rings. The number of rotatable bonds is 7. The monoisotopic (exact) mass is 277 g/mol. The Balaban J connectivity index is 2.83. The maximum absolute atomic E-state index is 12.5. The first kappa shape index (κ1) is 16.5. The van der Waals surface area contributed by atoms with Crippen molar-refractivity contribution in [3.8, 4) is 0 Å². The normalized spacial score (nSPS) is 12.3. The van der Waals surface area contributed by atoms with Crippen LogP contribution in [0.4, 0.5) is 5.82 Å². The zero-order chi connectivity index (χ0) is 15.1. The number of carbonyl (C=O) groups is 1. The second-order valence-electron chi connectivity index (χ2n) is 5.56. The maximum atomic E-state index is 12.5. The van der Waals surface area contributed by atoms with Gasteiger partial charge in [-0.05, 0) is 38.8 Å². The Morgan fingerprint density at radius 3 is 2.55 bits per heavy atom.